The molecule has 0 saturated heterocycles. The van der Waals surface area contributed by atoms with Crippen LogP contribution in [0.25, 0.3) is 17.1 Å². The molecule has 0 aliphatic carbocycles. The fraction of sp³-hybridized carbons (Fsp3) is 0.200. The summed E-state index contributed by atoms with van der Waals surface area (Å²) in [6.07, 6.45) is 3.44. The molecular formula is C25H25N5O2S. The number of hydrogen-bond acceptors (Lipinski definition) is 6. The lowest BCUT2D eigenvalue weighted by molar-refractivity contribution is -0.115. The van der Waals surface area contributed by atoms with Crippen molar-refractivity contribution in [1.82, 2.24) is 19.7 Å². The Labute approximate surface area is 197 Å². The Kier molecular flexibility index (Phi) is 6.74. The number of amides is 1. The number of nitrogens with zero attached hydrogens (tertiary/aromatic N) is 4. The summed E-state index contributed by atoms with van der Waals surface area (Å²) in [5.74, 6) is 1.34. The molecule has 0 bridgehead atoms. The van der Waals surface area contributed by atoms with Gasteiger partial charge >= 0.3 is 0 Å². The first kappa shape index (κ1) is 22.5. The van der Waals surface area contributed by atoms with E-state index in [1.807, 2.05) is 79.9 Å². The number of carbonyl (C=O) groups excluding carboxylic acids is 1. The lowest BCUT2D eigenvalue weighted by Gasteiger charge is -2.16. The number of benzene rings is 2. The molecule has 4 rings (SSSR count). The van der Waals surface area contributed by atoms with Crippen molar-refractivity contribution in [3.63, 3.8) is 0 Å². The Bertz CT molecular complexity index is 1240. The van der Waals surface area contributed by atoms with Crippen LogP contribution < -0.4 is 10.1 Å². The number of para-hydroxylation sites is 1. The van der Waals surface area contributed by atoms with Crippen molar-refractivity contribution < 1.29 is 9.53 Å². The Morgan fingerprint density at radius 3 is 2.30 bits per heavy atom. The molecule has 33 heavy (non-hydrogen) atoms. The molecular weight excluding hydrogens is 434 g/mol. The average molecular weight is 460 g/mol. The summed E-state index contributed by atoms with van der Waals surface area (Å²) < 4.78 is 7.24. The summed E-state index contributed by atoms with van der Waals surface area (Å²) in [6.45, 7) is 5.84. The zero-order chi connectivity index (χ0) is 23.4. The highest BCUT2D eigenvalue weighted by molar-refractivity contribution is 8.00. The van der Waals surface area contributed by atoms with Gasteiger partial charge < -0.3 is 10.1 Å². The van der Waals surface area contributed by atoms with Crippen LogP contribution in [-0.2, 0) is 4.79 Å². The zero-order valence-electron chi connectivity index (χ0n) is 18.9. The number of anilines is 1. The van der Waals surface area contributed by atoms with Crippen LogP contribution in [0.4, 0.5) is 5.69 Å². The van der Waals surface area contributed by atoms with Gasteiger partial charge in [0.2, 0.25) is 5.91 Å². The maximum Gasteiger partial charge on any atom is 0.237 e. The van der Waals surface area contributed by atoms with E-state index in [4.69, 9.17) is 4.74 Å². The summed E-state index contributed by atoms with van der Waals surface area (Å²) in [6, 6.07) is 17.4. The normalized spacial score (nSPS) is 11.8. The Balaban J connectivity index is 1.65. The number of pyridine rings is 1. The summed E-state index contributed by atoms with van der Waals surface area (Å²) in [7, 11) is 1.63. The van der Waals surface area contributed by atoms with Gasteiger partial charge in [-0.05, 0) is 68.3 Å². The zero-order valence-corrected chi connectivity index (χ0v) is 19.8. The highest BCUT2D eigenvalue weighted by Crippen LogP contribution is 2.31. The maximum absolute atomic E-state index is 13.0. The van der Waals surface area contributed by atoms with Gasteiger partial charge in [-0.2, -0.15) is 0 Å². The van der Waals surface area contributed by atoms with Crippen molar-refractivity contribution >= 4 is 23.4 Å². The largest absolute Gasteiger partial charge is 0.497 e. The number of carbonyl (C=O) groups is 1. The number of rotatable bonds is 7. The van der Waals surface area contributed by atoms with E-state index in [0.29, 0.717) is 11.0 Å². The number of aryl methyl sites for hydroxylation is 2. The van der Waals surface area contributed by atoms with Crippen LogP contribution in [-0.4, -0.2) is 38.0 Å². The molecule has 0 spiro atoms. The molecule has 2 aromatic carbocycles. The topological polar surface area (TPSA) is 81.9 Å². The lowest BCUT2D eigenvalue weighted by Crippen LogP contribution is -2.23. The molecule has 0 aliphatic heterocycles. The third kappa shape index (κ3) is 4.90. The minimum Gasteiger partial charge on any atom is -0.497 e. The molecule has 1 atom stereocenters. The number of hydrogen-bond donors (Lipinski definition) is 1. The van der Waals surface area contributed by atoms with E-state index >= 15 is 0 Å². The number of aromatic nitrogens is 4. The first-order valence-corrected chi connectivity index (χ1v) is 11.4. The van der Waals surface area contributed by atoms with Crippen molar-refractivity contribution in [2.45, 2.75) is 31.2 Å². The van der Waals surface area contributed by atoms with Crippen LogP contribution in [0, 0.1) is 13.8 Å². The molecule has 0 saturated carbocycles. The second kappa shape index (κ2) is 9.87. The predicted octanol–water partition coefficient (Wildman–Crippen LogP) is 5.07. The number of methoxy groups -OCH3 is 1. The van der Waals surface area contributed by atoms with Crippen LogP contribution in [0.1, 0.15) is 18.1 Å². The smallest absolute Gasteiger partial charge is 0.237 e. The van der Waals surface area contributed by atoms with Crippen molar-refractivity contribution in [2.75, 3.05) is 12.4 Å². The predicted molar refractivity (Wildman–Crippen MR) is 131 cm³/mol. The summed E-state index contributed by atoms with van der Waals surface area (Å²) >= 11 is 1.36. The van der Waals surface area contributed by atoms with Gasteiger partial charge in [0.1, 0.15) is 5.75 Å². The molecule has 2 heterocycles. The monoisotopic (exact) mass is 459 g/mol. The summed E-state index contributed by atoms with van der Waals surface area (Å²) in [5.41, 5.74) is 4.66. The molecule has 1 amide bonds. The third-order valence-corrected chi connectivity index (χ3v) is 6.33. The van der Waals surface area contributed by atoms with Gasteiger partial charge in [-0.3, -0.25) is 14.3 Å². The molecule has 4 aromatic rings. The molecule has 0 unspecified atom stereocenters. The van der Waals surface area contributed by atoms with Crippen molar-refractivity contribution in [2.24, 2.45) is 0 Å². The SMILES string of the molecule is COc1ccc(-n2c(S[C@H](C)C(=O)Nc3c(C)cccc3C)nnc2-c2ccncc2)cc1. The van der Waals surface area contributed by atoms with Crippen molar-refractivity contribution in [3.8, 4) is 22.8 Å². The van der Waals surface area contributed by atoms with Crippen molar-refractivity contribution in [1.29, 1.82) is 0 Å². The quantitative estimate of drug-likeness (QED) is 0.389. The van der Waals surface area contributed by atoms with E-state index in [-0.39, 0.29) is 5.91 Å². The first-order chi connectivity index (χ1) is 16.0. The van der Waals surface area contributed by atoms with Crippen LogP contribution in [0.15, 0.2) is 72.1 Å². The molecule has 7 nitrogen and oxygen atoms in total. The van der Waals surface area contributed by atoms with Gasteiger partial charge in [0.15, 0.2) is 11.0 Å². The Hall–Kier alpha value is -3.65. The van der Waals surface area contributed by atoms with E-state index in [1.165, 1.54) is 11.8 Å². The highest BCUT2D eigenvalue weighted by Gasteiger charge is 2.22. The first-order valence-electron chi connectivity index (χ1n) is 10.5. The van der Waals surface area contributed by atoms with E-state index in [1.54, 1.807) is 19.5 Å². The van der Waals surface area contributed by atoms with Gasteiger partial charge in [0, 0.05) is 29.3 Å². The standard InChI is InChI=1S/C25H25N5O2S/c1-16-6-5-7-17(2)22(16)27-24(31)18(3)33-25-29-28-23(19-12-14-26-15-13-19)30(25)20-8-10-21(32-4)11-9-20/h5-15,18H,1-4H3,(H,27,31)/t18-/m1/s1. The average Bonchev–Trinajstić information content (AvgIpc) is 3.25. The number of nitrogens with one attached hydrogen (secondary N) is 1. The Morgan fingerprint density at radius 2 is 1.67 bits per heavy atom. The van der Waals surface area contributed by atoms with Gasteiger partial charge in [-0.25, -0.2) is 0 Å². The maximum atomic E-state index is 13.0. The number of ether oxygens (including phenoxy) is 1. The van der Waals surface area contributed by atoms with Gasteiger partial charge in [0.25, 0.3) is 0 Å². The van der Waals surface area contributed by atoms with Gasteiger partial charge in [-0.15, -0.1) is 10.2 Å². The molecule has 8 heteroatoms. The van der Waals surface area contributed by atoms with Crippen LogP contribution >= 0.6 is 11.8 Å². The summed E-state index contributed by atoms with van der Waals surface area (Å²) in [5, 5.41) is 12.1. The van der Waals surface area contributed by atoms with Gasteiger partial charge in [-0.1, -0.05) is 30.0 Å². The van der Waals surface area contributed by atoms with E-state index in [2.05, 4.69) is 20.5 Å². The second-order valence-corrected chi connectivity index (χ2v) is 8.90. The molecule has 0 fully saturated rings. The molecule has 0 radical (unpaired) electrons. The summed E-state index contributed by atoms with van der Waals surface area (Å²) in [4.78, 5) is 17.1. The van der Waals surface area contributed by atoms with Crippen LogP contribution in [0.5, 0.6) is 5.75 Å². The van der Waals surface area contributed by atoms with E-state index < -0.39 is 5.25 Å². The van der Waals surface area contributed by atoms with Crippen LogP contribution in [0.2, 0.25) is 0 Å². The molecule has 168 valence electrons. The minimum absolute atomic E-state index is 0.0906. The lowest BCUT2D eigenvalue weighted by atomic mass is 10.1. The highest BCUT2D eigenvalue weighted by atomic mass is 32.2. The number of thioether (sulfide) groups is 1. The van der Waals surface area contributed by atoms with Gasteiger partial charge in [0.05, 0.1) is 12.4 Å². The second-order valence-electron chi connectivity index (χ2n) is 7.59. The van der Waals surface area contributed by atoms with Crippen molar-refractivity contribution in [3.05, 3.63) is 78.1 Å². The van der Waals surface area contributed by atoms with E-state index in [0.717, 1.165) is 33.8 Å². The molecule has 1 N–H and O–H groups in total. The minimum atomic E-state index is -0.393. The molecule has 2 aromatic heterocycles. The van der Waals surface area contributed by atoms with Crippen LogP contribution in [0.3, 0.4) is 0 Å². The fourth-order valence-corrected chi connectivity index (χ4v) is 4.31. The Morgan fingerprint density at radius 1 is 1.00 bits per heavy atom. The fourth-order valence-electron chi connectivity index (χ4n) is 3.45. The third-order valence-electron chi connectivity index (χ3n) is 5.28. The van der Waals surface area contributed by atoms with E-state index in [9.17, 15) is 4.79 Å². The molecule has 0 aliphatic rings.